The van der Waals surface area contributed by atoms with Gasteiger partial charge in [0, 0.05) is 18.4 Å². The molecule has 1 unspecified atom stereocenters. The first kappa shape index (κ1) is 13.5. The smallest absolute Gasteiger partial charge is 0.321 e. The van der Waals surface area contributed by atoms with Crippen molar-refractivity contribution in [1.29, 1.82) is 0 Å². The molecule has 0 saturated carbocycles. The SMILES string of the molecule is Cc1cccc(Oc2ncc(CC(C)N)cn2)c1C. The van der Waals surface area contributed by atoms with Gasteiger partial charge in [0.15, 0.2) is 0 Å². The number of nitrogens with zero attached hydrogens (tertiary/aromatic N) is 2. The minimum atomic E-state index is 0.106. The number of hydrogen-bond acceptors (Lipinski definition) is 4. The van der Waals surface area contributed by atoms with Crippen molar-refractivity contribution >= 4 is 0 Å². The molecule has 1 aromatic heterocycles. The van der Waals surface area contributed by atoms with Crippen LogP contribution in [0.15, 0.2) is 30.6 Å². The van der Waals surface area contributed by atoms with Crippen LogP contribution < -0.4 is 10.5 Å². The zero-order valence-corrected chi connectivity index (χ0v) is 11.6. The molecule has 0 aliphatic rings. The normalized spacial score (nSPS) is 12.2. The van der Waals surface area contributed by atoms with Crippen LogP contribution in [0.2, 0.25) is 0 Å². The summed E-state index contributed by atoms with van der Waals surface area (Å²) in [6.07, 6.45) is 4.29. The van der Waals surface area contributed by atoms with E-state index >= 15 is 0 Å². The number of nitrogens with two attached hydrogens (primary N) is 1. The monoisotopic (exact) mass is 257 g/mol. The predicted octanol–water partition coefficient (Wildman–Crippen LogP) is 2.78. The highest BCUT2D eigenvalue weighted by Gasteiger charge is 2.06. The van der Waals surface area contributed by atoms with Gasteiger partial charge in [-0.25, -0.2) is 9.97 Å². The van der Waals surface area contributed by atoms with Crippen LogP contribution in [-0.4, -0.2) is 16.0 Å². The van der Waals surface area contributed by atoms with Gasteiger partial charge in [0.2, 0.25) is 0 Å². The molecule has 0 fully saturated rings. The van der Waals surface area contributed by atoms with Gasteiger partial charge in [-0.3, -0.25) is 0 Å². The average molecular weight is 257 g/mol. The van der Waals surface area contributed by atoms with Gasteiger partial charge >= 0.3 is 6.01 Å². The first-order chi connectivity index (χ1) is 9.06. The quantitative estimate of drug-likeness (QED) is 0.915. The molecule has 19 heavy (non-hydrogen) atoms. The Morgan fingerprint density at radius 2 is 1.89 bits per heavy atom. The average Bonchev–Trinajstić information content (AvgIpc) is 2.37. The molecule has 0 bridgehead atoms. The van der Waals surface area contributed by atoms with E-state index in [0.717, 1.165) is 23.3 Å². The molecule has 0 spiro atoms. The Bertz CT molecular complexity index is 550. The molecule has 2 rings (SSSR count). The second-order valence-electron chi connectivity index (χ2n) is 4.86. The van der Waals surface area contributed by atoms with Crippen molar-refractivity contribution in [2.24, 2.45) is 5.73 Å². The summed E-state index contributed by atoms with van der Waals surface area (Å²) < 4.78 is 5.70. The number of rotatable bonds is 4. The fourth-order valence-corrected chi connectivity index (χ4v) is 1.81. The summed E-state index contributed by atoms with van der Waals surface area (Å²) in [5, 5.41) is 0. The second kappa shape index (κ2) is 5.80. The van der Waals surface area contributed by atoms with Gasteiger partial charge in [-0.15, -0.1) is 0 Å². The summed E-state index contributed by atoms with van der Waals surface area (Å²) in [5.74, 6) is 0.792. The van der Waals surface area contributed by atoms with E-state index < -0.39 is 0 Å². The van der Waals surface area contributed by atoms with Crippen molar-refractivity contribution in [2.75, 3.05) is 0 Å². The molecule has 0 saturated heterocycles. The molecule has 1 heterocycles. The van der Waals surface area contributed by atoms with Crippen LogP contribution in [0.4, 0.5) is 0 Å². The summed E-state index contributed by atoms with van der Waals surface area (Å²) in [6.45, 7) is 6.03. The van der Waals surface area contributed by atoms with E-state index in [1.807, 2.05) is 26.0 Å². The van der Waals surface area contributed by atoms with E-state index in [4.69, 9.17) is 10.5 Å². The van der Waals surface area contributed by atoms with Crippen molar-refractivity contribution in [3.05, 3.63) is 47.3 Å². The van der Waals surface area contributed by atoms with E-state index in [0.29, 0.717) is 6.01 Å². The van der Waals surface area contributed by atoms with Crippen molar-refractivity contribution in [2.45, 2.75) is 33.2 Å². The lowest BCUT2D eigenvalue weighted by atomic mass is 10.1. The fourth-order valence-electron chi connectivity index (χ4n) is 1.81. The molecule has 0 radical (unpaired) electrons. The Balaban J connectivity index is 2.13. The summed E-state index contributed by atoms with van der Waals surface area (Å²) in [5.41, 5.74) is 9.04. The molecule has 1 atom stereocenters. The van der Waals surface area contributed by atoms with Crippen LogP contribution in [-0.2, 0) is 6.42 Å². The highest BCUT2D eigenvalue weighted by Crippen LogP contribution is 2.24. The molecule has 0 aliphatic carbocycles. The standard InChI is InChI=1S/C15H19N3O/c1-10-5-4-6-14(12(10)3)19-15-17-8-13(9-18-15)7-11(2)16/h4-6,8-9,11H,7,16H2,1-3H3. The third-order valence-electron chi connectivity index (χ3n) is 3.00. The maximum absolute atomic E-state index is 5.74. The number of ether oxygens (including phenoxy) is 1. The summed E-state index contributed by atoms with van der Waals surface area (Å²) in [7, 11) is 0. The van der Waals surface area contributed by atoms with Crippen molar-refractivity contribution in [3.8, 4) is 11.8 Å². The van der Waals surface area contributed by atoms with Gasteiger partial charge in [0.05, 0.1) is 0 Å². The van der Waals surface area contributed by atoms with Crippen LogP contribution in [0.25, 0.3) is 0 Å². The van der Waals surface area contributed by atoms with Crippen LogP contribution in [0.5, 0.6) is 11.8 Å². The largest absolute Gasteiger partial charge is 0.424 e. The molecular weight excluding hydrogens is 238 g/mol. The van der Waals surface area contributed by atoms with E-state index in [1.165, 1.54) is 5.56 Å². The minimum Gasteiger partial charge on any atom is -0.424 e. The second-order valence-corrected chi connectivity index (χ2v) is 4.86. The van der Waals surface area contributed by atoms with E-state index in [9.17, 15) is 0 Å². The predicted molar refractivity (Wildman–Crippen MR) is 75.4 cm³/mol. The van der Waals surface area contributed by atoms with Crippen LogP contribution in [0, 0.1) is 13.8 Å². The van der Waals surface area contributed by atoms with Crippen LogP contribution in [0.1, 0.15) is 23.6 Å². The van der Waals surface area contributed by atoms with Crippen molar-refractivity contribution in [1.82, 2.24) is 9.97 Å². The molecule has 2 N–H and O–H groups in total. The van der Waals surface area contributed by atoms with Crippen LogP contribution in [0.3, 0.4) is 0 Å². The summed E-state index contributed by atoms with van der Waals surface area (Å²) >= 11 is 0. The zero-order valence-electron chi connectivity index (χ0n) is 11.6. The minimum absolute atomic E-state index is 0.106. The van der Waals surface area contributed by atoms with Gasteiger partial charge in [0.25, 0.3) is 0 Å². The van der Waals surface area contributed by atoms with E-state index in [1.54, 1.807) is 12.4 Å². The summed E-state index contributed by atoms with van der Waals surface area (Å²) in [4.78, 5) is 8.42. The molecule has 2 aromatic rings. The van der Waals surface area contributed by atoms with Gasteiger partial charge in [0.1, 0.15) is 5.75 Å². The molecule has 1 aromatic carbocycles. The fraction of sp³-hybridized carbons (Fsp3) is 0.333. The maximum Gasteiger partial charge on any atom is 0.321 e. The Labute approximate surface area is 113 Å². The van der Waals surface area contributed by atoms with Crippen molar-refractivity contribution in [3.63, 3.8) is 0 Å². The van der Waals surface area contributed by atoms with Gasteiger partial charge in [-0.05, 0) is 49.9 Å². The first-order valence-electron chi connectivity index (χ1n) is 6.37. The third kappa shape index (κ3) is 3.51. The molecule has 100 valence electrons. The van der Waals surface area contributed by atoms with Gasteiger partial charge in [-0.1, -0.05) is 12.1 Å². The number of hydrogen-bond donors (Lipinski definition) is 1. The lowest BCUT2D eigenvalue weighted by Crippen LogP contribution is -2.17. The Morgan fingerprint density at radius 3 is 2.53 bits per heavy atom. The van der Waals surface area contributed by atoms with Gasteiger partial charge < -0.3 is 10.5 Å². The topological polar surface area (TPSA) is 61.0 Å². The lowest BCUT2D eigenvalue weighted by molar-refractivity contribution is 0.437. The molecule has 4 nitrogen and oxygen atoms in total. The highest BCUT2D eigenvalue weighted by atomic mass is 16.5. The number of aromatic nitrogens is 2. The third-order valence-corrected chi connectivity index (χ3v) is 3.00. The van der Waals surface area contributed by atoms with Crippen molar-refractivity contribution < 1.29 is 4.74 Å². The lowest BCUT2D eigenvalue weighted by Gasteiger charge is -2.09. The Hall–Kier alpha value is -1.94. The van der Waals surface area contributed by atoms with E-state index in [2.05, 4.69) is 23.0 Å². The zero-order chi connectivity index (χ0) is 13.8. The Morgan fingerprint density at radius 1 is 1.21 bits per heavy atom. The van der Waals surface area contributed by atoms with E-state index in [-0.39, 0.29) is 6.04 Å². The number of aryl methyl sites for hydroxylation is 1. The molecule has 4 heteroatoms. The van der Waals surface area contributed by atoms with Gasteiger partial charge in [-0.2, -0.15) is 0 Å². The summed E-state index contributed by atoms with van der Waals surface area (Å²) in [6, 6.07) is 6.40. The molecule has 0 amide bonds. The molecular formula is C15H19N3O. The first-order valence-corrected chi connectivity index (χ1v) is 6.37. The van der Waals surface area contributed by atoms with Crippen LogP contribution >= 0.6 is 0 Å². The Kier molecular flexibility index (Phi) is 4.12. The molecule has 0 aliphatic heterocycles. The number of benzene rings is 1. The maximum atomic E-state index is 5.74. The highest BCUT2D eigenvalue weighted by molar-refractivity contribution is 5.39.